The highest BCUT2D eigenvalue weighted by Gasteiger charge is 2.39. The van der Waals surface area contributed by atoms with Crippen LogP contribution in [0.25, 0.3) is 0 Å². The molecule has 0 rings (SSSR count). The quantitative estimate of drug-likeness (QED) is 0.254. The number of hydrogen-bond acceptors (Lipinski definition) is 0. The molecule has 40 valence electrons. The first-order valence-electron chi connectivity index (χ1n) is 0.756. The number of rotatable bonds is 0. The van der Waals surface area contributed by atoms with Crippen LogP contribution in [0.5, 0.6) is 0 Å². The maximum Gasteiger partial charge on any atom is 0.844 e. The van der Waals surface area contributed by atoms with Crippen molar-refractivity contribution in [3.8, 4) is 0 Å². The van der Waals surface area contributed by atoms with Gasteiger partial charge < -0.3 is 5.48 Å². The Balaban J connectivity index is 0. The average molecular weight is 122 g/mol. The first-order valence-corrected chi connectivity index (χ1v) is 2.27. The van der Waals surface area contributed by atoms with Crippen LogP contribution in [0.3, 0.4) is 0 Å². The second-order valence-electron chi connectivity index (χ2n) is 0.429. The molecule has 0 aliphatic rings. The van der Waals surface area contributed by atoms with Crippen LogP contribution in [0.1, 0.15) is 0 Å². The summed E-state index contributed by atoms with van der Waals surface area (Å²) in [5.41, 5.74) is 0. The van der Waals surface area contributed by atoms with E-state index in [2.05, 4.69) is 0 Å². The lowest BCUT2D eigenvalue weighted by molar-refractivity contribution is 0.368. The molecule has 0 radical (unpaired) electrons. The summed E-state index contributed by atoms with van der Waals surface area (Å²) in [6.45, 7) is 0. The van der Waals surface area contributed by atoms with Gasteiger partial charge in [-0.3, -0.25) is 0 Å². The SMILES string of the molecule is F[Si](F)(F)F.O. The van der Waals surface area contributed by atoms with E-state index in [0.29, 0.717) is 0 Å². The first kappa shape index (κ1) is 9.31. The van der Waals surface area contributed by atoms with Crippen molar-refractivity contribution >= 4 is 9.41 Å². The predicted molar refractivity (Wildman–Crippen MR) is 13.8 cm³/mol. The summed E-state index contributed by atoms with van der Waals surface area (Å²) < 4.78 is 39.3. The molecule has 0 atom stereocenters. The van der Waals surface area contributed by atoms with E-state index >= 15 is 0 Å². The van der Waals surface area contributed by atoms with E-state index in [0.717, 1.165) is 0 Å². The fraction of sp³-hybridized carbons (Fsp3) is 0. The van der Waals surface area contributed by atoms with Gasteiger partial charge in [-0.25, -0.2) is 16.4 Å². The van der Waals surface area contributed by atoms with Gasteiger partial charge in [-0.2, -0.15) is 0 Å². The van der Waals surface area contributed by atoms with Crippen LogP contribution in [-0.4, -0.2) is 14.9 Å². The molecule has 0 saturated heterocycles. The summed E-state index contributed by atoms with van der Waals surface area (Å²) in [4.78, 5) is 0. The van der Waals surface area contributed by atoms with Gasteiger partial charge in [-0.05, 0) is 0 Å². The zero-order valence-electron chi connectivity index (χ0n) is 2.51. The van der Waals surface area contributed by atoms with Gasteiger partial charge in [0.15, 0.2) is 0 Å². The molecule has 1 nitrogen and oxygen atoms in total. The van der Waals surface area contributed by atoms with E-state index in [1.807, 2.05) is 0 Å². The minimum atomic E-state index is -6.61. The summed E-state index contributed by atoms with van der Waals surface area (Å²) in [6.07, 6.45) is 0. The van der Waals surface area contributed by atoms with Crippen molar-refractivity contribution in [1.82, 2.24) is 0 Å². The Kier molecular flexibility index (Phi) is 3.32. The Morgan fingerprint density at radius 2 is 0.833 bits per heavy atom. The Morgan fingerprint density at radius 3 is 0.833 bits per heavy atom. The molecule has 0 aromatic heterocycles. The lowest BCUT2D eigenvalue weighted by atomic mass is 16.0. The predicted octanol–water partition coefficient (Wildman–Crippen LogP) is 0.475. The lowest BCUT2D eigenvalue weighted by Crippen LogP contribution is -2.02. The van der Waals surface area contributed by atoms with Crippen molar-refractivity contribution in [3.63, 3.8) is 0 Å². The standard InChI is InChI=1S/F4Si.H2O/c1-5(2,3)4;/h;1H2. The fourth-order valence-electron chi connectivity index (χ4n) is 0. The van der Waals surface area contributed by atoms with Gasteiger partial charge in [-0.15, -0.1) is 0 Å². The average Bonchev–Trinajstić information content (AvgIpc) is 0.722. The highest BCUT2D eigenvalue weighted by Crippen LogP contribution is 2.06. The molecule has 0 heterocycles. The second-order valence-corrected chi connectivity index (χ2v) is 1.29. The smallest absolute Gasteiger partial charge is 0.412 e. The van der Waals surface area contributed by atoms with Crippen LogP contribution in [0.15, 0.2) is 0 Å². The van der Waals surface area contributed by atoms with Crippen LogP contribution in [0, 0.1) is 0 Å². The number of halogens is 4. The minimum absolute atomic E-state index is 0. The molecule has 0 aliphatic heterocycles. The third kappa shape index (κ3) is 3080. The van der Waals surface area contributed by atoms with Crippen molar-refractivity contribution in [2.24, 2.45) is 0 Å². The van der Waals surface area contributed by atoms with E-state index in [1.165, 1.54) is 0 Å². The van der Waals surface area contributed by atoms with Gasteiger partial charge in [-0.1, -0.05) is 0 Å². The Hall–Kier alpha value is -0.103. The Labute approximate surface area is 32.6 Å². The largest absolute Gasteiger partial charge is 0.844 e. The van der Waals surface area contributed by atoms with Crippen molar-refractivity contribution in [2.45, 2.75) is 0 Å². The fourth-order valence-corrected chi connectivity index (χ4v) is 0. The Morgan fingerprint density at radius 1 is 0.833 bits per heavy atom. The normalized spacial score (nSPS) is 10.0. The van der Waals surface area contributed by atoms with Gasteiger partial charge in [0.05, 0.1) is 0 Å². The van der Waals surface area contributed by atoms with E-state index < -0.39 is 9.41 Å². The lowest BCUT2D eigenvalue weighted by Gasteiger charge is -1.75. The zero-order chi connectivity index (χ0) is 4.50. The van der Waals surface area contributed by atoms with Gasteiger partial charge >= 0.3 is 9.41 Å². The second kappa shape index (κ2) is 2.14. The van der Waals surface area contributed by atoms with Gasteiger partial charge in [0.1, 0.15) is 0 Å². The topological polar surface area (TPSA) is 31.5 Å². The van der Waals surface area contributed by atoms with Crippen molar-refractivity contribution in [1.29, 1.82) is 0 Å². The molecule has 0 spiro atoms. The van der Waals surface area contributed by atoms with Crippen molar-refractivity contribution < 1.29 is 21.9 Å². The van der Waals surface area contributed by atoms with Gasteiger partial charge in [0.25, 0.3) is 0 Å². The highest BCUT2D eigenvalue weighted by atomic mass is 28.5. The van der Waals surface area contributed by atoms with Crippen molar-refractivity contribution in [3.05, 3.63) is 0 Å². The maximum absolute atomic E-state index is 9.83. The van der Waals surface area contributed by atoms with E-state index in [-0.39, 0.29) is 5.48 Å². The van der Waals surface area contributed by atoms with Crippen LogP contribution in [0.2, 0.25) is 0 Å². The minimum Gasteiger partial charge on any atom is -0.412 e. The number of hydrogen-bond donors (Lipinski definition) is 0. The molecule has 0 fully saturated rings. The maximum atomic E-state index is 9.83. The molecule has 6 heavy (non-hydrogen) atoms. The molecule has 0 amide bonds. The van der Waals surface area contributed by atoms with Crippen LogP contribution < -0.4 is 0 Å². The molecule has 6 heteroatoms. The summed E-state index contributed by atoms with van der Waals surface area (Å²) >= 11 is 0. The monoisotopic (exact) mass is 122 g/mol. The van der Waals surface area contributed by atoms with E-state index in [9.17, 15) is 16.4 Å². The molecule has 2 N–H and O–H groups in total. The van der Waals surface area contributed by atoms with Crippen molar-refractivity contribution in [2.75, 3.05) is 0 Å². The van der Waals surface area contributed by atoms with Crippen LogP contribution in [0.4, 0.5) is 16.4 Å². The first-order chi connectivity index (χ1) is 2.00. The molecule has 0 bridgehead atoms. The molecule has 0 aromatic rings. The zero-order valence-corrected chi connectivity index (χ0v) is 3.51. The third-order valence-corrected chi connectivity index (χ3v) is 0. The van der Waals surface area contributed by atoms with Gasteiger partial charge in [0.2, 0.25) is 0 Å². The summed E-state index contributed by atoms with van der Waals surface area (Å²) in [7, 11) is -6.61. The molecule has 0 saturated carbocycles. The van der Waals surface area contributed by atoms with Gasteiger partial charge in [0, 0.05) is 0 Å². The summed E-state index contributed by atoms with van der Waals surface area (Å²) in [5, 5.41) is 0. The Bertz CT molecular complexity index is 23.0. The molecule has 0 unspecified atom stereocenters. The van der Waals surface area contributed by atoms with E-state index in [1.54, 1.807) is 0 Å². The molecular formula is H2F4OSi. The van der Waals surface area contributed by atoms with E-state index in [4.69, 9.17) is 0 Å². The summed E-state index contributed by atoms with van der Waals surface area (Å²) in [5.74, 6) is 0. The molecule has 0 aromatic carbocycles. The highest BCUT2D eigenvalue weighted by molar-refractivity contribution is 6.50. The third-order valence-electron chi connectivity index (χ3n) is 0. The molecule has 0 aliphatic carbocycles. The summed E-state index contributed by atoms with van der Waals surface area (Å²) in [6, 6.07) is 0. The van der Waals surface area contributed by atoms with Crippen LogP contribution in [-0.2, 0) is 0 Å². The van der Waals surface area contributed by atoms with Crippen LogP contribution >= 0.6 is 0 Å². The molecular weight excluding hydrogens is 120 g/mol.